The van der Waals surface area contributed by atoms with Gasteiger partial charge in [0.05, 0.1) is 18.7 Å². The van der Waals surface area contributed by atoms with Crippen LogP contribution in [0.3, 0.4) is 0 Å². The van der Waals surface area contributed by atoms with Crippen LogP contribution in [0.15, 0.2) is 30.5 Å². The van der Waals surface area contributed by atoms with Gasteiger partial charge in [-0.2, -0.15) is 10.4 Å². The van der Waals surface area contributed by atoms with E-state index in [9.17, 15) is 10.1 Å². The number of carbonyl (C=O) groups is 1. The predicted molar refractivity (Wildman–Crippen MR) is 108 cm³/mol. The van der Waals surface area contributed by atoms with Crippen molar-refractivity contribution in [1.29, 1.82) is 5.26 Å². The first-order valence-electron chi connectivity index (χ1n) is 9.01. The second-order valence-electron chi connectivity index (χ2n) is 7.71. The number of ether oxygens (including phenoxy) is 1. The largest absolute Gasteiger partial charge is 0.497 e. The minimum Gasteiger partial charge on any atom is -0.497 e. The number of methoxy groups -OCH3 is 1. The Balaban J connectivity index is 2.08. The highest BCUT2D eigenvalue weighted by Crippen LogP contribution is 2.22. The topological polar surface area (TPSA) is 95.2 Å². The number of hydrogen-bond acceptors (Lipinski definition) is 5. The molecule has 0 fully saturated rings. The highest BCUT2D eigenvalue weighted by atomic mass is 16.5. The average Bonchev–Trinajstić information content (AvgIpc) is 3.05. The summed E-state index contributed by atoms with van der Waals surface area (Å²) in [6, 6.07) is 9.36. The molecule has 2 amide bonds. The van der Waals surface area contributed by atoms with Gasteiger partial charge in [-0.3, -0.25) is 10.00 Å². The van der Waals surface area contributed by atoms with Gasteiger partial charge >= 0.3 is 6.03 Å². The third kappa shape index (κ3) is 5.24. The molecule has 1 aromatic carbocycles. The number of aromatic nitrogens is 2. The van der Waals surface area contributed by atoms with E-state index in [1.54, 1.807) is 18.0 Å². The quantitative estimate of drug-likeness (QED) is 0.798. The van der Waals surface area contributed by atoms with Crippen molar-refractivity contribution < 1.29 is 9.53 Å². The molecular weight excluding hydrogens is 356 g/mol. The zero-order valence-electron chi connectivity index (χ0n) is 17.3. The van der Waals surface area contributed by atoms with Crippen LogP contribution in [-0.4, -0.2) is 48.5 Å². The third-order valence-electron chi connectivity index (χ3n) is 4.31. The highest BCUT2D eigenvalue weighted by Gasteiger charge is 2.20. The van der Waals surface area contributed by atoms with Crippen LogP contribution in [0.1, 0.15) is 37.9 Å². The molecule has 2 N–H and O–H groups in total. The fourth-order valence-corrected chi connectivity index (χ4v) is 2.68. The first-order chi connectivity index (χ1) is 13.2. The van der Waals surface area contributed by atoms with E-state index >= 15 is 0 Å². The second kappa shape index (κ2) is 8.76. The van der Waals surface area contributed by atoms with Gasteiger partial charge in [0.2, 0.25) is 0 Å². The molecule has 0 aliphatic heterocycles. The average molecular weight is 384 g/mol. The molecule has 0 saturated heterocycles. The highest BCUT2D eigenvalue weighted by molar-refractivity contribution is 5.89. The van der Waals surface area contributed by atoms with E-state index < -0.39 is 6.03 Å². The molecule has 8 nitrogen and oxygen atoms in total. The Morgan fingerprint density at radius 2 is 2.11 bits per heavy atom. The number of urea groups is 1. The summed E-state index contributed by atoms with van der Waals surface area (Å²) in [4.78, 5) is 14.4. The number of carbonyl (C=O) groups excluding carboxylic acids is 1. The van der Waals surface area contributed by atoms with Crippen LogP contribution in [-0.2, 0) is 5.54 Å². The summed E-state index contributed by atoms with van der Waals surface area (Å²) in [6.45, 7) is 6.30. The molecule has 2 aromatic rings. The van der Waals surface area contributed by atoms with Crippen LogP contribution in [0.4, 0.5) is 10.6 Å². The minimum absolute atomic E-state index is 0.0385. The number of amides is 2. The molecule has 1 heterocycles. The van der Waals surface area contributed by atoms with Gasteiger partial charge in [-0.1, -0.05) is 12.1 Å². The molecule has 1 atom stereocenters. The first kappa shape index (κ1) is 21.3. The van der Waals surface area contributed by atoms with Crippen LogP contribution in [0.25, 0.3) is 0 Å². The van der Waals surface area contributed by atoms with Crippen LogP contribution in [0.2, 0.25) is 0 Å². The molecule has 0 unspecified atom stereocenters. The maximum absolute atomic E-state index is 12.4. The smallest absolute Gasteiger partial charge is 0.320 e. The summed E-state index contributed by atoms with van der Waals surface area (Å²) < 4.78 is 6.95. The van der Waals surface area contributed by atoms with Gasteiger partial charge in [0, 0.05) is 12.7 Å². The lowest BCUT2D eigenvalue weighted by molar-refractivity contribution is 0.243. The third-order valence-corrected chi connectivity index (χ3v) is 4.31. The van der Waals surface area contributed by atoms with Crippen molar-refractivity contribution in [2.75, 3.05) is 33.1 Å². The van der Waals surface area contributed by atoms with Crippen LogP contribution in [0, 0.1) is 11.3 Å². The Morgan fingerprint density at radius 1 is 1.39 bits per heavy atom. The lowest BCUT2D eigenvalue weighted by atomic mass is 10.1. The van der Waals surface area contributed by atoms with E-state index in [0.717, 1.165) is 11.3 Å². The van der Waals surface area contributed by atoms with E-state index in [2.05, 4.69) is 21.8 Å². The number of nitriles is 1. The molecule has 0 spiro atoms. The van der Waals surface area contributed by atoms with Gasteiger partial charge < -0.3 is 15.0 Å². The Morgan fingerprint density at radius 3 is 2.68 bits per heavy atom. The summed E-state index contributed by atoms with van der Waals surface area (Å²) in [5.41, 5.74) is 1.06. The van der Waals surface area contributed by atoms with Gasteiger partial charge in [0.1, 0.15) is 17.4 Å². The van der Waals surface area contributed by atoms with Crippen molar-refractivity contribution in [2.24, 2.45) is 0 Å². The lowest BCUT2D eigenvalue weighted by Crippen LogP contribution is -2.37. The molecule has 0 saturated carbocycles. The lowest BCUT2D eigenvalue weighted by Gasteiger charge is -2.25. The first-order valence-corrected chi connectivity index (χ1v) is 9.01. The molecule has 0 aliphatic carbocycles. The van der Waals surface area contributed by atoms with E-state index in [1.807, 2.05) is 64.0 Å². The second-order valence-corrected chi connectivity index (χ2v) is 7.71. The van der Waals surface area contributed by atoms with Crippen LogP contribution >= 0.6 is 0 Å². The Hall–Kier alpha value is -3.05. The van der Waals surface area contributed by atoms with Gasteiger partial charge in [0.25, 0.3) is 0 Å². The molecular formula is C20H28N6O2. The number of hydrogen-bond donors (Lipinski definition) is 2. The van der Waals surface area contributed by atoms with E-state index in [1.165, 1.54) is 0 Å². The monoisotopic (exact) mass is 384 g/mol. The number of nitrogens with one attached hydrogen (secondary N) is 2. The Bertz CT molecular complexity index is 860. The fourth-order valence-electron chi connectivity index (χ4n) is 2.68. The van der Waals surface area contributed by atoms with Gasteiger partial charge in [-0.25, -0.2) is 4.79 Å². The normalized spacial score (nSPS) is 12.4. The molecule has 28 heavy (non-hydrogen) atoms. The predicted octanol–water partition coefficient (Wildman–Crippen LogP) is 2.94. The molecule has 0 aliphatic rings. The van der Waals surface area contributed by atoms with Crippen molar-refractivity contribution in [3.63, 3.8) is 0 Å². The summed E-state index contributed by atoms with van der Waals surface area (Å²) in [5, 5.41) is 19.2. The summed E-state index contributed by atoms with van der Waals surface area (Å²) >= 11 is 0. The SMILES string of the molecule is COc1cccc([C@H](CNC(=O)Nc2nn(C(C)(C)C)cc2C#N)N(C)C)c1. The number of nitrogens with zero attached hydrogens (tertiary/aromatic N) is 4. The van der Waals surface area contributed by atoms with Crippen molar-refractivity contribution in [2.45, 2.75) is 32.4 Å². The molecule has 2 rings (SSSR count). The number of anilines is 1. The number of likely N-dealkylation sites (N-methyl/N-ethyl adjacent to an activating group) is 1. The standard InChI is InChI=1S/C20H28N6O2/c1-20(2,3)26-13-15(11-21)18(24-26)23-19(27)22-12-17(25(4)5)14-8-7-9-16(10-14)28-6/h7-10,13,17H,12H2,1-6H3,(H2,22,23,24,27)/t17-/m0/s1. The van der Waals surface area contributed by atoms with E-state index in [-0.39, 0.29) is 17.4 Å². The van der Waals surface area contributed by atoms with Gasteiger partial charge in [-0.05, 0) is 52.6 Å². The molecule has 0 radical (unpaired) electrons. The fraction of sp³-hybridized carbons (Fsp3) is 0.450. The number of benzene rings is 1. The Labute approximate surface area is 166 Å². The Kier molecular flexibility index (Phi) is 6.65. The molecule has 1 aromatic heterocycles. The van der Waals surface area contributed by atoms with Crippen molar-refractivity contribution in [1.82, 2.24) is 20.0 Å². The zero-order valence-corrected chi connectivity index (χ0v) is 17.3. The van der Waals surface area contributed by atoms with E-state index in [0.29, 0.717) is 12.1 Å². The number of rotatable bonds is 6. The van der Waals surface area contributed by atoms with Gasteiger partial charge in [0.15, 0.2) is 5.82 Å². The maximum Gasteiger partial charge on any atom is 0.320 e. The van der Waals surface area contributed by atoms with Crippen molar-refractivity contribution in [3.05, 3.63) is 41.6 Å². The molecule has 8 heteroatoms. The van der Waals surface area contributed by atoms with Crippen LogP contribution < -0.4 is 15.4 Å². The summed E-state index contributed by atoms with van der Waals surface area (Å²) in [7, 11) is 5.52. The van der Waals surface area contributed by atoms with E-state index in [4.69, 9.17) is 4.74 Å². The molecule has 0 bridgehead atoms. The minimum atomic E-state index is -0.412. The van der Waals surface area contributed by atoms with Crippen molar-refractivity contribution in [3.8, 4) is 11.8 Å². The zero-order chi connectivity index (χ0) is 20.9. The van der Waals surface area contributed by atoms with Gasteiger partial charge in [-0.15, -0.1) is 0 Å². The summed E-state index contributed by atoms with van der Waals surface area (Å²) in [5.74, 6) is 1.01. The molecule has 150 valence electrons. The van der Waals surface area contributed by atoms with Crippen molar-refractivity contribution >= 4 is 11.8 Å². The van der Waals surface area contributed by atoms with Crippen LogP contribution in [0.5, 0.6) is 5.75 Å². The maximum atomic E-state index is 12.4. The summed E-state index contributed by atoms with van der Waals surface area (Å²) in [6.07, 6.45) is 1.63.